The highest BCUT2D eigenvalue weighted by Gasteiger charge is 2.23. The molecule has 2 heterocycles. The van der Waals surface area contributed by atoms with E-state index >= 15 is 0 Å². The fourth-order valence-corrected chi connectivity index (χ4v) is 3.46. The molecule has 2 aromatic heterocycles. The second kappa shape index (κ2) is 6.50. The van der Waals surface area contributed by atoms with Crippen LogP contribution in [0.3, 0.4) is 0 Å². The number of allylic oxidation sites excluding steroid dienone is 1. The van der Waals surface area contributed by atoms with Crippen molar-refractivity contribution >= 4 is 28.9 Å². The van der Waals surface area contributed by atoms with Crippen molar-refractivity contribution in [1.29, 1.82) is 0 Å². The molecule has 0 spiro atoms. The number of methoxy groups -OCH3 is 2. The van der Waals surface area contributed by atoms with Gasteiger partial charge in [0.15, 0.2) is 0 Å². The molecule has 1 aromatic carbocycles. The van der Waals surface area contributed by atoms with Gasteiger partial charge in [0, 0.05) is 17.3 Å². The summed E-state index contributed by atoms with van der Waals surface area (Å²) in [6.07, 6.45) is 5.04. The van der Waals surface area contributed by atoms with E-state index in [0.717, 1.165) is 40.3 Å². The maximum absolute atomic E-state index is 12.8. The molecule has 26 heavy (non-hydrogen) atoms. The Bertz CT molecular complexity index is 1100. The molecule has 0 amide bonds. The third-order valence-electron chi connectivity index (χ3n) is 4.60. The predicted molar refractivity (Wildman–Crippen MR) is 102 cm³/mol. The SMILES string of the molecule is COc1ccc(OC)c(C=C2CCc3c2nc2ccc(Cl)cn2c3=O)c1. The van der Waals surface area contributed by atoms with Crippen LogP contribution in [0.4, 0.5) is 0 Å². The number of hydrogen-bond donors (Lipinski definition) is 0. The summed E-state index contributed by atoms with van der Waals surface area (Å²) < 4.78 is 12.3. The molecule has 0 N–H and O–H groups in total. The van der Waals surface area contributed by atoms with Crippen molar-refractivity contribution in [3.8, 4) is 11.5 Å². The molecule has 0 aliphatic heterocycles. The molecule has 0 atom stereocenters. The number of nitrogens with zero attached hydrogens (tertiary/aromatic N) is 2. The van der Waals surface area contributed by atoms with Gasteiger partial charge in [-0.1, -0.05) is 11.6 Å². The lowest BCUT2D eigenvalue weighted by molar-refractivity contribution is 0.402. The summed E-state index contributed by atoms with van der Waals surface area (Å²) in [6, 6.07) is 9.12. The fourth-order valence-electron chi connectivity index (χ4n) is 3.30. The Morgan fingerprint density at radius 3 is 2.77 bits per heavy atom. The monoisotopic (exact) mass is 368 g/mol. The Balaban J connectivity index is 1.89. The molecule has 3 aromatic rings. The summed E-state index contributed by atoms with van der Waals surface area (Å²) in [4.78, 5) is 17.5. The number of halogens is 1. The molecule has 1 aliphatic rings. The molecule has 6 heteroatoms. The van der Waals surface area contributed by atoms with Crippen LogP contribution in [-0.4, -0.2) is 23.6 Å². The quantitative estimate of drug-likeness (QED) is 0.704. The van der Waals surface area contributed by atoms with Crippen LogP contribution in [0.5, 0.6) is 11.5 Å². The van der Waals surface area contributed by atoms with E-state index in [-0.39, 0.29) is 5.56 Å². The number of hydrogen-bond acceptors (Lipinski definition) is 4. The van der Waals surface area contributed by atoms with Gasteiger partial charge in [0.1, 0.15) is 17.1 Å². The van der Waals surface area contributed by atoms with Crippen molar-refractivity contribution in [1.82, 2.24) is 9.38 Å². The minimum absolute atomic E-state index is 0.0616. The number of fused-ring (bicyclic) bond motifs is 2. The maximum Gasteiger partial charge on any atom is 0.261 e. The predicted octanol–water partition coefficient (Wildman–Crippen LogP) is 3.85. The van der Waals surface area contributed by atoms with Crippen LogP contribution in [0.15, 0.2) is 41.3 Å². The molecular weight excluding hydrogens is 352 g/mol. The smallest absolute Gasteiger partial charge is 0.261 e. The first-order valence-corrected chi connectivity index (χ1v) is 8.62. The van der Waals surface area contributed by atoms with Gasteiger partial charge in [0.25, 0.3) is 5.56 Å². The molecule has 4 rings (SSSR count). The molecule has 1 aliphatic carbocycles. The van der Waals surface area contributed by atoms with Crippen LogP contribution < -0.4 is 15.0 Å². The summed E-state index contributed by atoms with van der Waals surface area (Å²) >= 11 is 6.01. The average Bonchev–Trinajstić information content (AvgIpc) is 3.05. The zero-order valence-corrected chi connectivity index (χ0v) is 15.2. The average molecular weight is 369 g/mol. The van der Waals surface area contributed by atoms with Crippen LogP contribution >= 0.6 is 11.6 Å². The highest BCUT2D eigenvalue weighted by atomic mass is 35.5. The van der Waals surface area contributed by atoms with E-state index in [9.17, 15) is 4.79 Å². The van der Waals surface area contributed by atoms with Gasteiger partial charge < -0.3 is 9.47 Å². The van der Waals surface area contributed by atoms with Gasteiger partial charge in [-0.2, -0.15) is 0 Å². The van der Waals surface area contributed by atoms with Gasteiger partial charge in [-0.3, -0.25) is 9.20 Å². The number of benzene rings is 1. The number of rotatable bonds is 3. The van der Waals surface area contributed by atoms with Gasteiger partial charge in [-0.05, 0) is 54.8 Å². The third kappa shape index (κ3) is 2.74. The molecular formula is C20H17ClN2O3. The Kier molecular flexibility index (Phi) is 4.17. The van der Waals surface area contributed by atoms with Crippen molar-refractivity contribution in [3.05, 3.63) is 68.7 Å². The van der Waals surface area contributed by atoms with E-state index in [1.807, 2.05) is 24.3 Å². The molecule has 5 nitrogen and oxygen atoms in total. The Morgan fingerprint density at radius 1 is 1.15 bits per heavy atom. The Morgan fingerprint density at radius 2 is 2.00 bits per heavy atom. The maximum atomic E-state index is 12.8. The first-order chi connectivity index (χ1) is 12.6. The van der Waals surface area contributed by atoms with E-state index in [1.54, 1.807) is 32.5 Å². The zero-order chi connectivity index (χ0) is 18.3. The zero-order valence-electron chi connectivity index (χ0n) is 14.5. The summed E-state index contributed by atoms with van der Waals surface area (Å²) in [7, 11) is 3.26. The van der Waals surface area contributed by atoms with E-state index in [4.69, 9.17) is 26.1 Å². The highest BCUT2D eigenvalue weighted by molar-refractivity contribution is 6.30. The van der Waals surface area contributed by atoms with E-state index in [0.29, 0.717) is 17.1 Å². The van der Waals surface area contributed by atoms with Gasteiger partial charge in [0.2, 0.25) is 0 Å². The Labute approximate surface area is 155 Å². The van der Waals surface area contributed by atoms with Gasteiger partial charge in [-0.15, -0.1) is 0 Å². The molecule has 0 fully saturated rings. The molecule has 0 unspecified atom stereocenters. The highest BCUT2D eigenvalue weighted by Crippen LogP contribution is 2.34. The van der Waals surface area contributed by atoms with Crippen molar-refractivity contribution in [2.45, 2.75) is 12.8 Å². The molecule has 0 saturated heterocycles. The minimum atomic E-state index is -0.0616. The van der Waals surface area contributed by atoms with Crippen LogP contribution in [0.25, 0.3) is 17.3 Å². The van der Waals surface area contributed by atoms with Crippen molar-refractivity contribution < 1.29 is 9.47 Å². The summed E-state index contributed by atoms with van der Waals surface area (Å²) in [5.74, 6) is 1.49. The second-order valence-electron chi connectivity index (χ2n) is 6.10. The van der Waals surface area contributed by atoms with Crippen LogP contribution in [0.1, 0.15) is 23.2 Å². The Hall–Kier alpha value is -2.79. The molecule has 132 valence electrons. The van der Waals surface area contributed by atoms with E-state index in [1.165, 1.54) is 4.40 Å². The molecule has 0 bridgehead atoms. The van der Waals surface area contributed by atoms with Gasteiger partial charge >= 0.3 is 0 Å². The molecule has 0 radical (unpaired) electrons. The number of aromatic nitrogens is 2. The standard InChI is InChI=1S/C20H17ClN2O3/c1-25-15-5-7-17(26-2)13(10-15)9-12-3-6-16-19(12)22-18-8-4-14(21)11-23(18)20(16)24/h4-5,7-11H,3,6H2,1-2H3. The first-order valence-electron chi connectivity index (χ1n) is 8.24. The number of pyridine rings is 1. The van der Waals surface area contributed by atoms with Gasteiger partial charge in [-0.25, -0.2) is 4.98 Å². The van der Waals surface area contributed by atoms with Crippen molar-refractivity contribution in [3.63, 3.8) is 0 Å². The lowest BCUT2D eigenvalue weighted by Crippen LogP contribution is -2.19. The number of ether oxygens (including phenoxy) is 2. The normalized spacial score (nSPS) is 14.7. The fraction of sp³-hybridized carbons (Fsp3) is 0.200. The van der Waals surface area contributed by atoms with Crippen molar-refractivity contribution in [2.24, 2.45) is 0 Å². The second-order valence-corrected chi connectivity index (χ2v) is 6.53. The minimum Gasteiger partial charge on any atom is -0.497 e. The largest absolute Gasteiger partial charge is 0.497 e. The van der Waals surface area contributed by atoms with Crippen LogP contribution in [0.2, 0.25) is 5.02 Å². The lowest BCUT2D eigenvalue weighted by Gasteiger charge is -2.09. The summed E-state index contributed by atoms with van der Waals surface area (Å²) in [6.45, 7) is 0. The third-order valence-corrected chi connectivity index (χ3v) is 4.82. The lowest BCUT2D eigenvalue weighted by atomic mass is 10.1. The van der Waals surface area contributed by atoms with E-state index in [2.05, 4.69) is 0 Å². The van der Waals surface area contributed by atoms with Crippen LogP contribution in [0, 0.1) is 0 Å². The first kappa shape index (κ1) is 16.7. The summed E-state index contributed by atoms with van der Waals surface area (Å²) in [5, 5.41) is 0.510. The van der Waals surface area contributed by atoms with Crippen molar-refractivity contribution in [2.75, 3.05) is 14.2 Å². The van der Waals surface area contributed by atoms with Crippen LogP contribution in [-0.2, 0) is 6.42 Å². The molecule has 0 saturated carbocycles. The van der Waals surface area contributed by atoms with Gasteiger partial charge in [0.05, 0.1) is 24.9 Å². The summed E-state index contributed by atoms with van der Waals surface area (Å²) in [5.41, 5.74) is 3.91. The van der Waals surface area contributed by atoms with E-state index < -0.39 is 0 Å². The topological polar surface area (TPSA) is 52.8 Å².